The van der Waals surface area contributed by atoms with Gasteiger partial charge in [-0.15, -0.1) is 0 Å². The van der Waals surface area contributed by atoms with Gasteiger partial charge in [-0.1, -0.05) is 30.3 Å². The number of aryl methyl sites for hydroxylation is 2. The number of likely N-dealkylation sites (tertiary alicyclic amines) is 2. The van der Waals surface area contributed by atoms with Gasteiger partial charge in [0.15, 0.2) is 0 Å². The van der Waals surface area contributed by atoms with Crippen LogP contribution in [0, 0.1) is 5.41 Å². The molecular weight excluding hydrogens is 336 g/mol. The first-order valence-electron chi connectivity index (χ1n) is 10.1. The Labute approximate surface area is 162 Å². The van der Waals surface area contributed by atoms with Gasteiger partial charge in [0.1, 0.15) is 5.82 Å². The van der Waals surface area contributed by atoms with Gasteiger partial charge in [-0.05, 0) is 49.8 Å². The number of carbonyl (C=O) groups excluding carboxylic acids is 1. The maximum atomic E-state index is 12.6. The highest BCUT2D eigenvalue weighted by atomic mass is 16.2. The highest BCUT2D eigenvalue weighted by Gasteiger charge is 2.44. The van der Waals surface area contributed by atoms with Crippen molar-refractivity contribution < 1.29 is 4.79 Å². The number of carbonyl (C=O) groups is 1. The van der Waals surface area contributed by atoms with E-state index in [0.717, 1.165) is 70.7 Å². The molecule has 3 heterocycles. The molecule has 144 valence electrons. The van der Waals surface area contributed by atoms with Gasteiger partial charge in [-0.3, -0.25) is 9.69 Å². The van der Waals surface area contributed by atoms with E-state index in [1.54, 1.807) is 0 Å². The van der Waals surface area contributed by atoms with Crippen molar-refractivity contribution in [1.82, 2.24) is 19.4 Å². The van der Waals surface area contributed by atoms with Crippen LogP contribution in [0.5, 0.6) is 0 Å². The molecule has 0 bridgehead atoms. The summed E-state index contributed by atoms with van der Waals surface area (Å²) in [5.41, 5.74) is 1.57. The average Bonchev–Trinajstić information content (AvgIpc) is 3.21. The molecule has 0 atom stereocenters. The van der Waals surface area contributed by atoms with Crippen molar-refractivity contribution in [3.8, 4) is 0 Å². The predicted octanol–water partition coefficient (Wildman–Crippen LogP) is 2.87. The average molecular weight is 367 g/mol. The number of amides is 1. The Kier molecular flexibility index (Phi) is 5.30. The van der Waals surface area contributed by atoms with Crippen LogP contribution in [-0.2, 0) is 24.8 Å². The third kappa shape index (κ3) is 4.24. The van der Waals surface area contributed by atoms with E-state index in [1.807, 2.05) is 12.4 Å². The summed E-state index contributed by atoms with van der Waals surface area (Å²) in [5.74, 6) is 1.48. The number of rotatable bonds is 6. The van der Waals surface area contributed by atoms with Crippen molar-refractivity contribution in [3.63, 3.8) is 0 Å². The lowest BCUT2D eigenvalue weighted by Crippen LogP contribution is -2.41. The number of piperidine rings is 1. The molecule has 1 aromatic carbocycles. The number of hydrogen-bond donors (Lipinski definition) is 0. The summed E-state index contributed by atoms with van der Waals surface area (Å²) < 4.78 is 2.10. The number of imidazole rings is 1. The lowest BCUT2D eigenvalue weighted by molar-refractivity contribution is -0.127. The monoisotopic (exact) mass is 366 g/mol. The van der Waals surface area contributed by atoms with Gasteiger partial charge >= 0.3 is 0 Å². The molecule has 0 radical (unpaired) electrons. The van der Waals surface area contributed by atoms with Crippen LogP contribution >= 0.6 is 0 Å². The van der Waals surface area contributed by atoms with Crippen LogP contribution in [-0.4, -0.2) is 51.4 Å². The summed E-state index contributed by atoms with van der Waals surface area (Å²) >= 11 is 0. The number of aromatic nitrogens is 2. The van der Waals surface area contributed by atoms with Crippen LogP contribution < -0.4 is 0 Å². The quantitative estimate of drug-likeness (QED) is 0.789. The van der Waals surface area contributed by atoms with Crippen LogP contribution in [0.25, 0.3) is 0 Å². The Morgan fingerprint density at radius 1 is 1.15 bits per heavy atom. The van der Waals surface area contributed by atoms with Crippen molar-refractivity contribution in [2.75, 3.05) is 26.2 Å². The molecule has 27 heavy (non-hydrogen) atoms. The lowest BCUT2D eigenvalue weighted by Gasteiger charge is -2.38. The van der Waals surface area contributed by atoms with Crippen molar-refractivity contribution in [3.05, 3.63) is 54.1 Å². The van der Waals surface area contributed by atoms with Gasteiger partial charge in [0.25, 0.3) is 0 Å². The van der Waals surface area contributed by atoms with E-state index in [4.69, 9.17) is 0 Å². The standard InChI is InChI=1S/C22H30N4O/c1-24-15-11-23-20(24)17-25-13-9-22(10-14-25)16-21(27)26(18-22)12-5-8-19-6-3-2-4-7-19/h2-4,6-7,11,15H,5,8-10,12-14,16-18H2,1H3. The largest absolute Gasteiger partial charge is 0.342 e. The van der Waals surface area contributed by atoms with E-state index in [9.17, 15) is 4.79 Å². The first kappa shape index (κ1) is 18.2. The van der Waals surface area contributed by atoms with Crippen LogP contribution in [0.15, 0.2) is 42.7 Å². The molecule has 0 saturated carbocycles. The van der Waals surface area contributed by atoms with Crippen LogP contribution in [0.3, 0.4) is 0 Å². The van der Waals surface area contributed by atoms with Crippen molar-refractivity contribution in [1.29, 1.82) is 0 Å². The third-order valence-corrected chi connectivity index (χ3v) is 6.34. The first-order valence-corrected chi connectivity index (χ1v) is 10.1. The van der Waals surface area contributed by atoms with Gasteiger partial charge in [-0.2, -0.15) is 0 Å². The highest BCUT2D eigenvalue weighted by Crippen LogP contribution is 2.41. The second kappa shape index (κ2) is 7.85. The van der Waals surface area contributed by atoms with Gasteiger partial charge in [-0.25, -0.2) is 4.98 Å². The van der Waals surface area contributed by atoms with Crippen LogP contribution in [0.2, 0.25) is 0 Å². The molecule has 2 saturated heterocycles. The molecular formula is C22H30N4O. The van der Waals surface area contributed by atoms with Crippen molar-refractivity contribution in [2.45, 2.75) is 38.6 Å². The molecule has 2 fully saturated rings. The Morgan fingerprint density at radius 2 is 1.93 bits per heavy atom. The summed E-state index contributed by atoms with van der Waals surface area (Å²) in [7, 11) is 2.05. The van der Waals surface area contributed by atoms with Gasteiger partial charge in [0.2, 0.25) is 5.91 Å². The summed E-state index contributed by atoms with van der Waals surface area (Å²) in [4.78, 5) is 21.6. The summed E-state index contributed by atoms with van der Waals surface area (Å²) in [6.07, 6.45) is 8.96. The summed E-state index contributed by atoms with van der Waals surface area (Å²) in [5, 5.41) is 0. The summed E-state index contributed by atoms with van der Waals surface area (Å²) in [6.45, 7) is 4.90. The Bertz CT molecular complexity index is 762. The Hall–Kier alpha value is -2.14. The zero-order valence-electron chi connectivity index (χ0n) is 16.3. The maximum Gasteiger partial charge on any atom is 0.223 e. The molecule has 2 aliphatic heterocycles. The minimum absolute atomic E-state index is 0.210. The third-order valence-electron chi connectivity index (χ3n) is 6.34. The number of benzene rings is 1. The molecule has 0 aliphatic carbocycles. The molecule has 0 N–H and O–H groups in total. The number of nitrogens with zero attached hydrogens (tertiary/aromatic N) is 4. The minimum atomic E-state index is 0.210. The Morgan fingerprint density at radius 3 is 2.63 bits per heavy atom. The molecule has 4 rings (SSSR count). The first-order chi connectivity index (χ1) is 13.1. The van der Waals surface area contributed by atoms with Gasteiger partial charge < -0.3 is 9.47 Å². The predicted molar refractivity (Wildman–Crippen MR) is 106 cm³/mol. The van der Waals surface area contributed by atoms with Crippen LogP contribution in [0.1, 0.15) is 37.1 Å². The van der Waals surface area contributed by atoms with E-state index in [2.05, 4.69) is 56.7 Å². The molecule has 5 heteroatoms. The van der Waals surface area contributed by atoms with E-state index in [0.29, 0.717) is 5.91 Å². The second-order valence-corrected chi connectivity index (χ2v) is 8.31. The van der Waals surface area contributed by atoms with Crippen molar-refractivity contribution >= 4 is 5.91 Å². The zero-order chi connectivity index (χ0) is 18.7. The minimum Gasteiger partial charge on any atom is -0.342 e. The van der Waals surface area contributed by atoms with E-state index >= 15 is 0 Å². The van der Waals surface area contributed by atoms with Gasteiger partial charge in [0.05, 0.1) is 6.54 Å². The molecule has 2 aromatic rings. The van der Waals surface area contributed by atoms with E-state index in [1.165, 1.54) is 5.56 Å². The zero-order valence-corrected chi connectivity index (χ0v) is 16.3. The fourth-order valence-electron chi connectivity index (χ4n) is 4.57. The molecule has 1 amide bonds. The molecule has 1 aromatic heterocycles. The van der Waals surface area contributed by atoms with Gasteiger partial charge in [0, 0.05) is 39.0 Å². The molecule has 0 unspecified atom stereocenters. The van der Waals surface area contributed by atoms with Crippen molar-refractivity contribution in [2.24, 2.45) is 12.5 Å². The van der Waals surface area contributed by atoms with Crippen LogP contribution in [0.4, 0.5) is 0 Å². The number of hydrogen-bond acceptors (Lipinski definition) is 3. The smallest absolute Gasteiger partial charge is 0.223 e. The summed E-state index contributed by atoms with van der Waals surface area (Å²) in [6, 6.07) is 10.6. The normalized spacial score (nSPS) is 19.9. The fourth-order valence-corrected chi connectivity index (χ4v) is 4.57. The van der Waals surface area contributed by atoms with E-state index in [-0.39, 0.29) is 5.41 Å². The maximum absolute atomic E-state index is 12.6. The molecule has 5 nitrogen and oxygen atoms in total. The Balaban J connectivity index is 1.25. The molecule has 1 spiro atoms. The van der Waals surface area contributed by atoms with E-state index < -0.39 is 0 Å². The highest BCUT2D eigenvalue weighted by molar-refractivity contribution is 5.79. The molecule has 2 aliphatic rings. The topological polar surface area (TPSA) is 41.4 Å². The lowest BCUT2D eigenvalue weighted by atomic mass is 9.77. The fraction of sp³-hybridized carbons (Fsp3) is 0.545. The second-order valence-electron chi connectivity index (χ2n) is 8.31. The SMILES string of the molecule is Cn1ccnc1CN1CCC2(CC1)CC(=O)N(CCCc1ccccc1)C2.